The molecule has 9 nitrogen and oxygen atoms in total. The number of carbonyl (C=O) groups excluding carboxylic acids is 2. The Morgan fingerprint density at radius 2 is 1.80 bits per heavy atom. The largest absolute Gasteiger partial charge is 0.494 e. The van der Waals surface area contributed by atoms with E-state index in [0.29, 0.717) is 45.0 Å². The van der Waals surface area contributed by atoms with Crippen molar-refractivity contribution in [1.82, 2.24) is 14.7 Å². The summed E-state index contributed by atoms with van der Waals surface area (Å²) in [7, 11) is 1.50. The van der Waals surface area contributed by atoms with Gasteiger partial charge in [-0.1, -0.05) is 36.2 Å². The zero-order valence-corrected chi connectivity index (χ0v) is 24.6. The lowest BCUT2D eigenvalue weighted by atomic mass is 10.0. The van der Waals surface area contributed by atoms with E-state index in [4.69, 9.17) is 14.2 Å². The summed E-state index contributed by atoms with van der Waals surface area (Å²) in [6, 6.07) is 15.7. The molecule has 1 N–H and O–H groups in total. The van der Waals surface area contributed by atoms with Crippen LogP contribution < -0.4 is 9.47 Å². The summed E-state index contributed by atoms with van der Waals surface area (Å²) >= 11 is 0. The zero-order chi connectivity index (χ0) is 29.1. The summed E-state index contributed by atoms with van der Waals surface area (Å²) in [5.74, 6) is 1.57. The van der Waals surface area contributed by atoms with Crippen molar-refractivity contribution in [2.24, 2.45) is 0 Å². The summed E-state index contributed by atoms with van der Waals surface area (Å²) in [6.45, 7) is 6.38. The predicted octanol–water partition coefficient (Wildman–Crippen LogP) is 3.27. The van der Waals surface area contributed by atoms with Gasteiger partial charge in [-0.2, -0.15) is 0 Å². The standard InChI is InChI=1S/C32H45N3O6/c1-26-11-13-28(14-12-26)41-25-32(38)23-33(17-18-35(24-32)31(37)22-39-2)21-27-8-6-9-29(20-27)40-19-7-16-34-15-5-3-4-10-30(34)36/h6,8-9,11-14,20,38H,3-5,7,10,15-19,21-25H2,1-2H3. The second-order valence-electron chi connectivity index (χ2n) is 11.3. The predicted molar refractivity (Wildman–Crippen MR) is 157 cm³/mol. The molecule has 2 aliphatic rings. The summed E-state index contributed by atoms with van der Waals surface area (Å²) in [6.07, 6.45) is 4.65. The summed E-state index contributed by atoms with van der Waals surface area (Å²) < 4.78 is 17.1. The first-order valence-electron chi connectivity index (χ1n) is 14.7. The highest BCUT2D eigenvalue weighted by atomic mass is 16.5. The Kier molecular flexibility index (Phi) is 11.4. The van der Waals surface area contributed by atoms with Crippen LogP contribution in [0.1, 0.15) is 43.2 Å². The van der Waals surface area contributed by atoms with E-state index in [1.807, 2.05) is 60.4 Å². The second-order valence-corrected chi connectivity index (χ2v) is 11.3. The third kappa shape index (κ3) is 9.73. The van der Waals surface area contributed by atoms with Crippen LogP contribution in [0.15, 0.2) is 48.5 Å². The summed E-state index contributed by atoms with van der Waals surface area (Å²) in [4.78, 5) is 30.7. The quantitative estimate of drug-likeness (QED) is 0.394. The summed E-state index contributed by atoms with van der Waals surface area (Å²) in [5, 5.41) is 11.7. The van der Waals surface area contributed by atoms with E-state index in [1.54, 1.807) is 4.90 Å². The molecule has 2 fully saturated rings. The molecule has 0 bridgehead atoms. The van der Waals surface area contributed by atoms with E-state index in [-0.39, 0.29) is 31.6 Å². The number of benzene rings is 2. The van der Waals surface area contributed by atoms with Gasteiger partial charge in [-0.05, 0) is 56.0 Å². The number of aryl methyl sites for hydroxylation is 1. The van der Waals surface area contributed by atoms with Crippen molar-refractivity contribution in [3.63, 3.8) is 0 Å². The fraction of sp³-hybridized carbons (Fsp3) is 0.562. The lowest BCUT2D eigenvalue weighted by Gasteiger charge is -2.33. The third-order valence-corrected chi connectivity index (χ3v) is 7.66. The maximum Gasteiger partial charge on any atom is 0.248 e. The number of β-amino-alcohol motifs (C(OH)–C–C–N with tert-alkyl or cyclic N) is 1. The van der Waals surface area contributed by atoms with E-state index in [9.17, 15) is 14.7 Å². The topological polar surface area (TPSA) is 91.8 Å². The molecule has 0 aromatic heterocycles. The highest BCUT2D eigenvalue weighted by molar-refractivity contribution is 5.77. The van der Waals surface area contributed by atoms with E-state index in [2.05, 4.69) is 4.90 Å². The molecule has 2 aliphatic heterocycles. The number of hydrogen-bond acceptors (Lipinski definition) is 7. The van der Waals surface area contributed by atoms with Crippen molar-refractivity contribution in [2.75, 3.05) is 66.2 Å². The molecule has 0 aliphatic carbocycles. The Morgan fingerprint density at radius 1 is 0.976 bits per heavy atom. The van der Waals surface area contributed by atoms with E-state index in [0.717, 1.165) is 55.6 Å². The van der Waals surface area contributed by atoms with Crippen molar-refractivity contribution < 1.29 is 28.9 Å². The van der Waals surface area contributed by atoms with Crippen molar-refractivity contribution in [3.8, 4) is 11.5 Å². The van der Waals surface area contributed by atoms with Gasteiger partial charge < -0.3 is 29.1 Å². The number of aliphatic hydroxyl groups is 1. The van der Waals surface area contributed by atoms with Gasteiger partial charge in [-0.3, -0.25) is 14.5 Å². The molecule has 224 valence electrons. The molecule has 1 atom stereocenters. The second kappa shape index (κ2) is 15.2. The van der Waals surface area contributed by atoms with Crippen molar-refractivity contribution in [2.45, 2.75) is 51.2 Å². The van der Waals surface area contributed by atoms with Crippen molar-refractivity contribution in [3.05, 3.63) is 59.7 Å². The molecular formula is C32H45N3O6. The Bertz CT molecular complexity index is 1130. The smallest absolute Gasteiger partial charge is 0.248 e. The number of ether oxygens (including phenoxy) is 3. The number of amides is 2. The van der Waals surface area contributed by atoms with Gasteiger partial charge in [0, 0.05) is 52.8 Å². The molecule has 0 saturated carbocycles. The van der Waals surface area contributed by atoms with Gasteiger partial charge in [0.15, 0.2) is 0 Å². The van der Waals surface area contributed by atoms with Crippen LogP contribution >= 0.6 is 0 Å². The highest BCUT2D eigenvalue weighted by Crippen LogP contribution is 2.22. The number of likely N-dealkylation sites (tertiary alicyclic amines) is 1. The lowest BCUT2D eigenvalue weighted by Crippen LogP contribution is -2.52. The van der Waals surface area contributed by atoms with Gasteiger partial charge in [0.1, 0.15) is 30.3 Å². The van der Waals surface area contributed by atoms with Crippen molar-refractivity contribution in [1.29, 1.82) is 0 Å². The molecule has 4 rings (SSSR count). The SMILES string of the molecule is COCC(=O)N1CCN(Cc2cccc(OCCCN3CCCCCC3=O)c2)CC(O)(COc2ccc(C)cc2)C1. The third-order valence-electron chi connectivity index (χ3n) is 7.66. The first kappa shape index (κ1) is 30.8. The number of carbonyl (C=O) groups is 2. The van der Waals surface area contributed by atoms with Crippen molar-refractivity contribution >= 4 is 11.8 Å². The highest BCUT2D eigenvalue weighted by Gasteiger charge is 2.37. The first-order chi connectivity index (χ1) is 19.8. The number of rotatable bonds is 12. The van der Waals surface area contributed by atoms with Crippen LogP contribution in [0, 0.1) is 6.92 Å². The minimum absolute atomic E-state index is 0.0276. The lowest BCUT2D eigenvalue weighted by molar-refractivity contribution is -0.138. The molecule has 2 amide bonds. The zero-order valence-electron chi connectivity index (χ0n) is 24.6. The van der Waals surface area contributed by atoms with Crippen LogP contribution in [-0.4, -0.2) is 103 Å². The maximum absolute atomic E-state index is 12.7. The van der Waals surface area contributed by atoms with Crippen LogP contribution in [-0.2, 0) is 20.9 Å². The molecule has 9 heteroatoms. The number of nitrogens with zero attached hydrogens (tertiary/aromatic N) is 3. The average Bonchev–Trinajstić information content (AvgIpc) is 3.26. The molecule has 41 heavy (non-hydrogen) atoms. The average molecular weight is 568 g/mol. The van der Waals surface area contributed by atoms with Gasteiger partial charge in [-0.25, -0.2) is 0 Å². The number of hydrogen-bond donors (Lipinski definition) is 1. The Labute approximate surface area is 244 Å². The molecule has 1 unspecified atom stereocenters. The molecule has 2 heterocycles. The fourth-order valence-electron chi connectivity index (χ4n) is 5.46. The fourth-order valence-corrected chi connectivity index (χ4v) is 5.46. The van der Waals surface area contributed by atoms with Gasteiger partial charge in [-0.15, -0.1) is 0 Å². The van der Waals surface area contributed by atoms with Crippen LogP contribution in [0.5, 0.6) is 11.5 Å². The molecule has 0 radical (unpaired) electrons. The first-order valence-corrected chi connectivity index (χ1v) is 14.7. The maximum atomic E-state index is 12.7. The van der Waals surface area contributed by atoms with Crippen LogP contribution in [0.25, 0.3) is 0 Å². The normalized spacial score (nSPS) is 20.4. The Hall–Kier alpha value is -3.14. The molecule has 2 aromatic carbocycles. The van der Waals surface area contributed by atoms with Gasteiger partial charge >= 0.3 is 0 Å². The van der Waals surface area contributed by atoms with Gasteiger partial charge in [0.25, 0.3) is 0 Å². The minimum Gasteiger partial charge on any atom is -0.494 e. The van der Waals surface area contributed by atoms with Crippen LogP contribution in [0.2, 0.25) is 0 Å². The molecule has 2 aromatic rings. The van der Waals surface area contributed by atoms with Crippen LogP contribution in [0.4, 0.5) is 0 Å². The minimum atomic E-state index is -1.26. The van der Waals surface area contributed by atoms with Gasteiger partial charge in [0.05, 0.1) is 13.2 Å². The van der Waals surface area contributed by atoms with Crippen LogP contribution in [0.3, 0.4) is 0 Å². The van der Waals surface area contributed by atoms with E-state index in [1.165, 1.54) is 7.11 Å². The van der Waals surface area contributed by atoms with Gasteiger partial charge in [0.2, 0.25) is 11.8 Å². The van der Waals surface area contributed by atoms with E-state index >= 15 is 0 Å². The molecule has 2 saturated heterocycles. The Balaban J connectivity index is 1.35. The monoisotopic (exact) mass is 567 g/mol. The Morgan fingerprint density at radius 3 is 2.61 bits per heavy atom. The molecular weight excluding hydrogens is 522 g/mol. The van der Waals surface area contributed by atoms with E-state index < -0.39 is 5.60 Å². The molecule has 0 spiro atoms. The number of methoxy groups -OCH3 is 1. The summed E-state index contributed by atoms with van der Waals surface area (Å²) in [5.41, 5.74) is 0.930.